The van der Waals surface area contributed by atoms with E-state index in [1.165, 1.54) is 6.07 Å². The van der Waals surface area contributed by atoms with E-state index in [4.69, 9.17) is 23.2 Å². The molecule has 1 saturated carbocycles. The summed E-state index contributed by atoms with van der Waals surface area (Å²) in [6, 6.07) is 2.66. The molecule has 1 atom stereocenters. The van der Waals surface area contributed by atoms with Gasteiger partial charge in [0.05, 0.1) is 10.4 Å². The lowest BCUT2D eigenvalue weighted by molar-refractivity contribution is 0.324. The van der Waals surface area contributed by atoms with E-state index in [0.29, 0.717) is 4.34 Å². The number of nitrogens with one attached hydrogen (secondary N) is 1. The minimum atomic E-state index is -3.81. The summed E-state index contributed by atoms with van der Waals surface area (Å²) in [6.07, 6.45) is 4.97. The van der Waals surface area contributed by atoms with Gasteiger partial charge in [0.2, 0.25) is 10.0 Å². The Morgan fingerprint density at radius 1 is 1.35 bits per heavy atom. The highest BCUT2D eigenvalue weighted by atomic mass is 35.5. The molecule has 1 fully saturated rings. The van der Waals surface area contributed by atoms with Crippen LogP contribution in [0.1, 0.15) is 32.1 Å². The van der Waals surface area contributed by atoms with Crippen LogP contribution in [-0.4, -0.2) is 14.5 Å². The molecule has 8 heteroatoms. The van der Waals surface area contributed by atoms with Crippen molar-refractivity contribution in [1.82, 2.24) is 4.72 Å². The maximum Gasteiger partial charge on any atom is 0.244 e. The second-order valence-corrected chi connectivity index (χ2v) is 8.78. The van der Waals surface area contributed by atoms with Crippen LogP contribution < -0.4 is 4.72 Å². The van der Waals surface area contributed by atoms with Gasteiger partial charge in [0.15, 0.2) is 0 Å². The number of hydrogen-bond donors (Lipinski definition) is 1. The molecule has 110 valence electrons. The number of sulfonamides is 1. The van der Waals surface area contributed by atoms with Crippen molar-refractivity contribution in [3.8, 4) is 6.07 Å². The van der Waals surface area contributed by atoms with Crippen molar-refractivity contribution in [2.75, 3.05) is 0 Å². The van der Waals surface area contributed by atoms with E-state index in [1.54, 1.807) is 0 Å². The van der Waals surface area contributed by atoms with Gasteiger partial charge >= 0.3 is 0 Å². The minimum Gasteiger partial charge on any atom is -0.207 e. The average Bonchev–Trinajstić information content (AvgIpc) is 2.77. The molecule has 0 bridgehead atoms. The number of hydrogen-bond acceptors (Lipinski definition) is 4. The van der Waals surface area contributed by atoms with E-state index in [0.717, 1.165) is 43.4 Å². The third-order valence-electron chi connectivity index (χ3n) is 3.46. The Hall–Kier alpha value is -0.320. The van der Waals surface area contributed by atoms with E-state index in [9.17, 15) is 13.7 Å². The van der Waals surface area contributed by atoms with Gasteiger partial charge in [-0.3, -0.25) is 0 Å². The lowest BCUT2D eigenvalue weighted by Crippen LogP contribution is -2.40. The average molecular weight is 353 g/mol. The van der Waals surface area contributed by atoms with Crippen molar-refractivity contribution < 1.29 is 8.42 Å². The third-order valence-corrected chi connectivity index (χ3v) is 6.65. The summed E-state index contributed by atoms with van der Waals surface area (Å²) in [5.74, 6) is 0.0661. The molecule has 0 aromatic carbocycles. The van der Waals surface area contributed by atoms with Crippen LogP contribution in [0.3, 0.4) is 0 Å². The van der Waals surface area contributed by atoms with Crippen molar-refractivity contribution in [1.29, 1.82) is 5.26 Å². The molecule has 0 radical (unpaired) electrons. The second kappa shape index (κ2) is 6.63. The van der Waals surface area contributed by atoms with Gasteiger partial charge in [-0.25, -0.2) is 8.42 Å². The fourth-order valence-electron chi connectivity index (χ4n) is 2.43. The molecule has 1 aliphatic carbocycles. The molecule has 1 aliphatic rings. The zero-order chi connectivity index (χ0) is 14.8. The smallest absolute Gasteiger partial charge is 0.207 e. The number of rotatable bonds is 4. The van der Waals surface area contributed by atoms with Crippen LogP contribution in [0.4, 0.5) is 0 Å². The summed E-state index contributed by atoms with van der Waals surface area (Å²) < 4.78 is 27.4. The number of nitriles is 1. The van der Waals surface area contributed by atoms with Gasteiger partial charge in [0.1, 0.15) is 15.3 Å². The van der Waals surface area contributed by atoms with E-state index in [1.807, 2.05) is 0 Å². The first kappa shape index (κ1) is 16.1. The molecule has 0 amide bonds. The van der Waals surface area contributed by atoms with Gasteiger partial charge in [-0.15, -0.1) is 11.3 Å². The summed E-state index contributed by atoms with van der Waals surface area (Å²) in [4.78, 5) is -0.0507. The Morgan fingerprint density at radius 3 is 2.50 bits per heavy atom. The lowest BCUT2D eigenvalue weighted by atomic mass is 9.85. The first-order chi connectivity index (χ1) is 9.44. The summed E-state index contributed by atoms with van der Waals surface area (Å²) in [7, 11) is -3.81. The standard InChI is InChI=1S/C12H14Cl2N2O2S2/c13-11-6-10(12(14)19-11)20(17,18)16-9(7-15)8-4-2-1-3-5-8/h6,8-9,16H,1-5H2. The van der Waals surface area contributed by atoms with Crippen LogP contribution in [0.15, 0.2) is 11.0 Å². The molecule has 0 aliphatic heterocycles. The molecular weight excluding hydrogens is 339 g/mol. The Kier molecular flexibility index (Phi) is 5.32. The third kappa shape index (κ3) is 3.66. The monoisotopic (exact) mass is 352 g/mol. The van der Waals surface area contributed by atoms with E-state index in [2.05, 4.69) is 10.8 Å². The predicted octanol–water partition coefficient (Wildman–Crippen LogP) is 3.81. The van der Waals surface area contributed by atoms with Gasteiger partial charge in [-0.05, 0) is 24.8 Å². The number of thiophene rings is 1. The molecule has 0 spiro atoms. The summed E-state index contributed by atoms with van der Waals surface area (Å²) in [5.41, 5.74) is 0. The van der Waals surface area contributed by atoms with Crippen LogP contribution in [-0.2, 0) is 10.0 Å². The zero-order valence-corrected chi connectivity index (χ0v) is 13.7. The van der Waals surface area contributed by atoms with Gasteiger partial charge in [0, 0.05) is 0 Å². The SMILES string of the molecule is N#CC(NS(=O)(=O)c1cc(Cl)sc1Cl)C1CCCCC1. The molecule has 1 N–H and O–H groups in total. The van der Waals surface area contributed by atoms with Gasteiger partial charge < -0.3 is 0 Å². The molecule has 2 rings (SSSR count). The molecule has 1 aromatic heterocycles. The van der Waals surface area contributed by atoms with E-state index >= 15 is 0 Å². The maximum atomic E-state index is 12.3. The normalized spacial score (nSPS) is 18.6. The fraction of sp³-hybridized carbons (Fsp3) is 0.583. The van der Waals surface area contributed by atoms with Crippen LogP contribution >= 0.6 is 34.5 Å². The van der Waals surface area contributed by atoms with Gasteiger partial charge in [0.25, 0.3) is 0 Å². The van der Waals surface area contributed by atoms with Gasteiger partial charge in [-0.1, -0.05) is 42.5 Å². The first-order valence-corrected chi connectivity index (χ1v) is 9.36. The van der Waals surface area contributed by atoms with Crippen molar-refractivity contribution in [3.05, 3.63) is 14.7 Å². The molecule has 20 heavy (non-hydrogen) atoms. The summed E-state index contributed by atoms with van der Waals surface area (Å²) in [5, 5.41) is 9.23. The summed E-state index contributed by atoms with van der Waals surface area (Å²) >= 11 is 12.6. The topological polar surface area (TPSA) is 70.0 Å². The van der Waals surface area contributed by atoms with Crippen LogP contribution in [0, 0.1) is 17.2 Å². The molecular formula is C12H14Cl2N2O2S2. The van der Waals surface area contributed by atoms with Crippen LogP contribution in [0.2, 0.25) is 8.67 Å². The Bertz CT molecular complexity index is 616. The van der Waals surface area contributed by atoms with Crippen molar-refractivity contribution >= 4 is 44.6 Å². The molecule has 0 saturated heterocycles. The largest absolute Gasteiger partial charge is 0.244 e. The number of nitrogens with zero attached hydrogens (tertiary/aromatic N) is 1. The quantitative estimate of drug-likeness (QED) is 0.895. The Morgan fingerprint density at radius 2 is 2.00 bits per heavy atom. The predicted molar refractivity (Wildman–Crippen MR) is 80.6 cm³/mol. The molecule has 1 aromatic rings. The highest BCUT2D eigenvalue weighted by Gasteiger charge is 2.30. The van der Waals surface area contributed by atoms with Gasteiger partial charge in [-0.2, -0.15) is 9.98 Å². The molecule has 1 heterocycles. The van der Waals surface area contributed by atoms with E-state index < -0.39 is 16.1 Å². The van der Waals surface area contributed by atoms with E-state index in [-0.39, 0.29) is 15.1 Å². The molecule has 1 unspecified atom stereocenters. The maximum absolute atomic E-state index is 12.3. The highest BCUT2D eigenvalue weighted by molar-refractivity contribution is 7.89. The van der Waals surface area contributed by atoms with Crippen molar-refractivity contribution in [3.63, 3.8) is 0 Å². The molecule has 4 nitrogen and oxygen atoms in total. The van der Waals surface area contributed by atoms with Crippen molar-refractivity contribution in [2.24, 2.45) is 5.92 Å². The van der Waals surface area contributed by atoms with Crippen LogP contribution in [0.25, 0.3) is 0 Å². The van der Waals surface area contributed by atoms with Crippen LogP contribution in [0.5, 0.6) is 0 Å². The minimum absolute atomic E-state index is 0.0507. The zero-order valence-electron chi connectivity index (χ0n) is 10.6. The number of halogens is 2. The highest BCUT2D eigenvalue weighted by Crippen LogP contribution is 2.35. The fourth-order valence-corrected chi connectivity index (χ4v) is 5.79. The first-order valence-electron chi connectivity index (χ1n) is 6.31. The Labute approximate surface area is 132 Å². The second-order valence-electron chi connectivity index (χ2n) is 4.81. The summed E-state index contributed by atoms with van der Waals surface area (Å²) in [6.45, 7) is 0. The Balaban J connectivity index is 2.18. The lowest BCUT2D eigenvalue weighted by Gasteiger charge is -2.26. The van der Waals surface area contributed by atoms with Crippen molar-refractivity contribution in [2.45, 2.75) is 43.0 Å².